The summed E-state index contributed by atoms with van der Waals surface area (Å²) in [6.45, 7) is 4.02. The maximum absolute atomic E-state index is 11.1. The van der Waals surface area contributed by atoms with E-state index in [1.807, 2.05) is 12.1 Å². The van der Waals surface area contributed by atoms with Crippen molar-refractivity contribution in [3.05, 3.63) is 52.1 Å². The third kappa shape index (κ3) is 5.62. The molecule has 2 rings (SSSR count). The van der Waals surface area contributed by atoms with Gasteiger partial charge in [-0.1, -0.05) is 25.8 Å². The van der Waals surface area contributed by atoms with Gasteiger partial charge in [-0.2, -0.15) is 0 Å². The number of pyridine rings is 1. The molecule has 0 saturated heterocycles. The second-order valence-electron chi connectivity index (χ2n) is 5.50. The molecule has 3 N–H and O–H groups in total. The van der Waals surface area contributed by atoms with Gasteiger partial charge in [0, 0.05) is 24.4 Å². The zero-order valence-corrected chi connectivity index (χ0v) is 15.3. The van der Waals surface area contributed by atoms with Crippen LogP contribution in [0.4, 0.5) is 0 Å². The Kier molecular flexibility index (Phi) is 7.21. The van der Waals surface area contributed by atoms with Crippen molar-refractivity contribution in [2.24, 2.45) is 5.73 Å². The van der Waals surface area contributed by atoms with Gasteiger partial charge in [-0.05, 0) is 52.7 Å². The molecule has 0 aliphatic heterocycles. The van der Waals surface area contributed by atoms with Crippen molar-refractivity contribution in [1.82, 2.24) is 10.3 Å². The van der Waals surface area contributed by atoms with Gasteiger partial charge in [0.05, 0.1) is 4.47 Å². The summed E-state index contributed by atoms with van der Waals surface area (Å²) in [4.78, 5) is 15.5. The Morgan fingerprint density at radius 1 is 1.29 bits per heavy atom. The van der Waals surface area contributed by atoms with Crippen LogP contribution >= 0.6 is 15.9 Å². The van der Waals surface area contributed by atoms with E-state index in [0.29, 0.717) is 21.7 Å². The van der Waals surface area contributed by atoms with Gasteiger partial charge in [-0.25, -0.2) is 4.98 Å². The maximum atomic E-state index is 11.1. The molecule has 1 heterocycles. The third-order valence-corrected chi connectivity index (χ3v) is 4.13. The SMILES string of the molecule is CCCCCNCc1ccc(Oc2ccc(C(N)=O)cc2Br)nc1. The number of nitrogens with zero attached hydrogens (tertiary/aromatic N) is 1. The lowest BCUT2D eigenvalue weighted by Gasteiger charge is -2.09. The first-order valence-electron chi connectivity index (χ1n) is 8.03. The molecular formula is C18H22BrN3O2. The number of hydrogen-bond acceptors (Lipinski definition) is 4. The Balaban J connectivity index is 1.90. The van der Waals surface area contributed by atoms with E-state index < -0.39 is 5.91 Å². The minimum Gasteiger partial charge on any atom is -0.438 e. The monoisotopic (exact) mass is 391 g/mol. The van der Waals surface area contributed by atoms with Gasteiger partial charge in [0.25, 0.3) is 0 Å². The van der Waals surface area contributed by atoms with Crippen LogP contribution < -0.4 is 15.8 Å². The summed E-state index contributed by atoms with van der Waals surface area (Å²) in [5.41, 5.74) is 6.79. The Labute approximate surface area is 150 Å². The Morgan fingerprint density at radius 2 is 2.12 bits per heavy atom. The quantitative estimate of drug-likeness (QED) is 0.632. The van der Waals surface area contributed by atoms with Crippen LogP contribution in [-0.4, -0.2) is 17.4 Å². The van der Waals surface area contributed by atoms with Gasteiger partial charge in [0.1, 0.15) is 5.75 Å². The number of benzene rings is 1. The average Bonchev–Trinajstić information content (AvgIpc) is 2.58. The maximum Gasteiger partial charge on any atom is 0.248 e. The molecule has 0 aliphatic rings. The number of nitrogens with two attached hydrogens (primary N) is 1. The molecule has 6 heteroatoms. The van der Waals surface area contributed by atoms with Crippen LogP contribution in [0.15, 0.2) is 41.0 Å². The van der Waals surface area contributed by atoms with E-state index in [-0.39, 0.29) is 0 Å². The number of carbonyl (C=O) groups is 1. The normalized spacial score (nSPS) is 10.6. The molecule has 0 spiro atoms. The van der Waals surface area contributed by atoms with Crippen molar-refractivity contribution >= 4 is 21.8 Å². The van der Waals surface area contributed by atoms with Gasteiger partial charge < -0.3 is 15.8 Å². The highest BCUT2D eigenvalue weighted by Gasteiger charge is 2.08. The first-order valence-corrected chi connectivity index (χ1v) is 8.82. The molecule has 0 saturated carbocycles. The lowest BCUT2D eigenvalue weighted by molar-refractivity contribution is 0.1000. The smallest absolute Gasteiger partial charge is 0.248 e. The number of amides is 1. The van der Waals surface area contributed by atoms with E-state index >= 15 is 0 Å². The van der Waals surface area contributed by atoms with Crippen molar-refractivity contribution in [3.8, 4) is 11.6 Å². The van der Waals surface area contributed by atoms with Crippen LogP contribution in [0, 0.1) is 0 Å². The summed E-state index contributed by atoms with van der Waals surface area (Å²) >= 11 is 3.37. The van der Waals surface area contributed by atoms with Gasteiger partial charge in [-0.3, -0.25) is 4.79 Å². The van der Waals surface area contributed by atoms with E-state index in [0.717, 1.165) is 18.7 Å². The summed E-state index contributed by atoms with van der Waals surface area (Å²) < 4.78 is 6.38. The van der Waals surface area contributed by atoms with Crippen LogP contribution in [0.3, 0.4) is 0 Å². The van der Waals surface area contributed by atoms with Crippen LogP contribution in [0.5, 0.6) is 11.6 Å². The minimum atomic E-state index is -0.476. The molecule has 0 fully saturated rings. The van der Waals surface area contributed by atoms with E-state index in [9.17, 15) is 4.79 Å². The van der Waals surface area contributed by atoms with E-state index in [4.69, 9.17) is 10.5 Å². The van der Waals surface area contributed by atoms with Gasteiger partial charge >= 0.3 is 0 Å². The summed E-state index contributed by atoms with van der Waals surface area (Å²) in [5, 5.41) is 3.40. The van der Waals surface area contributed by atoms with Crippen LogP contribution in [-0.2, 0) is 6.54 Å². The number of primary amides is 1. The zero-order chi connectivity index (χ0) is 17.4. The number of carbonyl (C=O) groups excluding carboxylic acids is 1. The molecule has 128 valence electrons. The number of unbranched alkanes of at least 4 members (excludes halogenated alkanes) is 2. The first kappa shape index (κ1) is 18.4. The number of hydrogen-bond donors (Lipinski definition) is 2. The van der Waals surface area contributed by atoms with E-state index in [1.54, 1.807) is 24.4 Å². The van der Waals surface area contributed by atoms with Crippen LogP contribution in [0.1, 0.15) is 42.1 Å². The first-order chi connectivity index (χ1) is 11.6. The Bertz CT molecular complexity index is 674. The number of rotatable bonds is 9. The number of aromatic nitrogens is 1. The average molecular weight is 392 g/mol. The van der Waals surface area contributed by atoms with Crippen molar-refractivity contribution in [3.63, 3.8) is 0 Å². The minimum absolute atomic E-state index is 0.423. The molecule has 0 atom stereocenters. The highest BCUT2D eigenvalue weighted by molar-refractivity contribution is 9.10. The molecule has 1 aromatic carbocycles. The van der Waals surface area contributed by atoms with Gasteiger partial charge in [0.15, 0.2) is 0 Å². The Morgan fingerprint density at radius 3 is 2.75 bits per heavy atom. The van der Waals surface area contributed by atoms with E-state index in [2.05, 4.69) is 33.2 Å². The number of halogens is 1. The fraction of sp³-hybridized carbons (Fsp3) is 0.333. The van der Waals surface area contributed by atoms with Crippen molar-refractivity contribution in [1.29, 1.82) is 0 Å². The predicted molar refractivity (Wildman–Crippen MR) is 98.2 cm³/mol. The highest BCUT2D eigenvalue weighted by atomic mass is 79.9. The predicted octanol–water partition coefficient (Wildman–Crippen LogP) is 4.02. The molecule has 0 radical (unpaired) electrons. The largest absolute Gasteiger partial charge is 0.438 e. The molecule has 24 heavy (non-hydrogen) atoms. The van der Waals surface area contributed by atoms with Gasteiger partial charge in [-0.15, -0.1) is 0 Å². The second kappa shape index (κ2) is 9.39. The second-order valence-corrected chi connectivity index (χ2v) is 6.35. The topological polar surface area (TPSA) is 77.2 Å². The van der Waals surface area contributed by atoms with E-state index in [1.165, 1.54) is 19.3 Å². The number of nitrogens with one attached hydrogen (secondary N) is 1. The fourth-order valence-corrected chi connectivity index (χ4v) is 2.62. The molecule has 5 nitrogen and oxygen atoms in total. The summed E-state index contributed by atoms with van der Waals surface area (Å²) in [5.74, 6) is 0.603. The van der Waals surface area contributed by atoms with Crippen LogP contribution in [0.25, 0.3) is 0 Å². The van der Waals surface area contributed by atoms with Crippen molar-refractivity contribution < 1.29 is 9.53 Å². The highest BCUT2D eigenvalue weighted by Crippen LogP contribution is 2.29. The summed E-state index contributed by atoms with van der Waals surface area (Å²) in [6.07, 6.45) is 5.47. The van der Waals surface area contributed by atoms with Gasteiger partial charge in [0.2, 0.25) is 11.8 Å². The third-order valence-electron chi connectivity index (χ3n) is 3.51. The standard InChI is InChI=1S/C18H22BrN3O2/c1-2-3-4-9-21-11-13-5-8-17(22-12-13)24-16-7-6-14(18(20)23)10-15(16)19/h5-8,10,12,21H,2-4,9,11H2,1H3,(H2,20,23). The lowest BCUT2D eigenvalue weighted by Crippen LogP contribution is -2.14. The van der Waals surface area contributed by atoms with Crippen molar-refractivity contribution in [2.45, 2.75) is 32.7 Å². The molecular weight excluding hydrogens is 370 g/mol. The summed E-state index contributed by atoms with van der Waals surface area (Å²) in [7, 11) is 0. The Hall–Kier alpha value is -1.92. The molecule has 0 unspecified atom stereocenters. The molecule has 1 amide bonds. The zero-order valence-electron chi connectivity index (χ0n) is 13.7. The number of ether oxygens (including phenoxy) is 1. The van der Waals surface area contributed by atoms with Crippen LogP contribution in [0.2, 0.25) is 0 Å². The lowest BCUT2D eigenvalue weighted by atomic mass is 10.2. The molecule has 0 aliphatic carbocycles. The molecule has 1 aromatic heterocycles. The van der Waals surface area contributed by atoms with Crippen molar-refractivity contribution in [2.75, 3.05) is 6.54 Å². The summed E-state index contributed by atoms with van der Waals surface area (Å²) in [6, 6.07) is 8.76. The fourth-order valence-electron chi connectivity index (χ4n) is 2.16. The molecule has 0 bridgehead atoms. The molecule has 2 aromatic rings.